The maximum Gasteiger partial charge on any atom is 0.471 e. The van der Waals surface area contributed by atoms with E-state index in [0.29, 0.717) is 16.2 Å². The van der Waals surface area contributed by atoms with Crippen molar-refractivity contribution >= 4 is 50.8 Å². The molecular weight excluding hydrogens is 418 g/mol. The number of halogens is 5. The Hall–Kier alpha value is -0.760. The van der Waals surface area contributed by atoms with Crippen molar-refractivity contribution in [1.82, 2.24) is 0 Å². The molecule has 1 aliphatic rings. The molecule has 0 saturated carbocycles. The highest BCUT2D eigenvalue weighted by atomic mass is 127. The zero-order chi connectivity index (χ0) is 15.9. The fourth-order valence-corrected chi connectivity index (χ4v) is 3.65. The molecule has 7 heteroatoms. The standard InChI is InChI=1S/C14H12ClF3INO/c1-6-5-8(15)12-9(19)3-4-10(11(12)7(6)2)20-13(21)14(16,17)18/h3-7H,1-2H3,(H,20,21)/t6-,7?/m1/s1. The van der Waals surface area contributed by atoms with E-state index in [-0.39, 0.29) is 17.5 Å². The monoisotopic (exact) mass is 429 g/mol. The molecule has 2 rings (SSSR count). The van der Waals surface area contributed by atoms with Crippen molar-refractivity contribution in [3.63, 3.8) is 0 Å². The highest BCUT2D eigenvalue weighted by molar-refractivity contribution is 14.1. The van der Waals surface area contributed by atoms with Crippen LogP contribution in [0.5, 0.6) is 0 Å². The van der Waals surface area contributed by atoms with Crippen LogP contribution in [0, 0.1) is 9.49 Å². The fourth-order valence-electron chi connectivity index (χ4n) is 2.33. The van der Waals surface area contributed by atoms with Gasteiger partial charge >= 0.3 is 12.1 Å². The number of benzene rings is 1. The van der Waals surface area contributed by atoms with Crippen LogP contribution in [0.3, 0.4) is 0 Å². The summed E-state index contributed by atoms with van der Waals surface area (Å²) in [6.07, 6.45) is -3.04. The molecule has 1 aromatic carbocycles. The van der Waals surface area contributed by atoms with Gasteiger partial charge in [-0.1, -0.05) is 31.5 Å². The second kappa shape index (κ2) is 5.79. The molecule has 0 saturated heterocycles. The van der Waals surface area contributed by atoms with E-state index in [2.05, 4.69) is 22.6 Å². The molecule has 0 bridgehead atoms. The van der Waals surface area contributed by atoms with Crippen molar-refractivity contribution < 1.29 is 18.0 Å². The Balaban J connectivity index is 2.54. The number of hydrogen-bond donors (Lipinski definition) is 1. The molecule has 0 spiro atoms. The van der Waals surface area contributed by atoms with E-state index in [1.165, 1.54) is 6.07 Å². The second-order valence-corrected chi connectivity index (χ2v) is 6.57. The van der Waals surface area contributed by atoms with Crippen molar-refractivity contribution in [3.8, 4) is 0 Å². The van der Waals surface area contributed by atoms with Crippen LogP contribution in [0.25, 0.3) is 5.03 Å². The molecule has 0 fully saturated rings. The first-order chi connectivity index (χ1) is 9.62. The van der Waals surface area contributed by atoms with E-state index >= 15 is 0 Å². The van der Waals surface area contributed by atoms with Crippen molar-refractivity contribution in [1.29, 1.82) is 0 Å². The number of rotatable bonds is 1. The molecule has 0 radical (unpaired) electrons. The zero-order valence-corrected chi connectivity index (χ0v) is 14.1. The molecule has 1 amide bonds. The van der Waals surface area contributed by atoms with Crippen LogP contribution in [0.2, 0.25) is 0 Å². The van der Waals surface area contributed by atoms with Gasteiger partial charge in [0.05, 0.1) is 0 Å². The number of carbonyl (C=O) groups is 1. The minimum atomic E-state index is -4.92. The Morgan fingerprint density at radius 2 is 1.95 bits per heavy atom. The Kier molecular flexibility index (Phi) is 4.58. The molecule has 0 aromatic heterocycles. The maximum absolute atomic E-state index is 12.4. The number of amides is 1. The number of allylic oxidation sites excluding steroid dienone is 1. The third-order valence-electron chi connectivity index (χ3n) is 3.59. The summed E-state index contributed by atoms with van der Waals surface area (Å²) in [6.45, 7) is 3.84. The minimum absolute atomic E-state index is 0.0410. The van der Waals surface area contributed by atoms with Crippen molar-refractivity contribution in [2.24, 2.45) is 5.92 Å². The molecule has 0 aliphatic heterocycles. The Morgan fingerprint density at radius 1 is 1.33 bits per heavy atom. The van der Waals surface area contributed by atoms with Gasteiger partial charge in [0.1, 0.15) is 0 Å². The van der Waals surface area contributed by atoms with Crippen LogP contribution in [0.4, 0.5) is 18.9 Å². The number of nitrogens with one attached hydrogen (secondary N) is 1. The van der Waals surface area contributed by atoms with E-state index in [0.717, 1.165) is 3.57 Å². The molecule has 2 atom stereocenters. The lowest BCUT2D eigenvalue weighted by Gasteiger charge is -2.29. The highest BCUT2D eigenvalue weighted by Crippen LogP contribution is 2.45. The summed E-state index contributed by atoms with van der Waals surface area (Å²) in [5, 5.41) is 2.46. The van der Waals surface area contributed by atoms with E-state index in [9.17, 15) is 18.0 Å². The molecule has 2 nitrogen and oxygen atoms in total. The number of carbonyl (C=O) groups excluding carboxylic acids is 1. The third-order valence-corrected chi connectivity index (χ3v) is 4.81. The average molecular weight is 430 g/mol. The van der Waals surface area contributed by atoms with Gasteiger partial charge < -0.3 is 5.32 Å². The van der Waals surface area contributed by atoms with Gasteiger partial charge in [-0.15, -0.1) is 0 Å². The van der Waals surface area contributed by atoms with E-state index < -0.39 is 12.1 Å². The first-order valence-corrected chi connectivity index (χ1v) is 7.67. The summed E-state index contributed by atoms with van der Waals surface area (Å²) in [7, 11) is 0. The van der Waals surface area contributed by atoms with Gasteiger partial charge in [-0.3, -0.25) is 4.79 Å². The third kappa shape index (κ3) is 3.21. The molecule has 1 aromatic rings. The van der Waals surface area contributed by atoms with Gasteiger partial charge in [-0.2, -0.15) is 13.2 Å². The summed E-state index contributed by atoms with van der Waals surface area (Å²) < 4.78 is 38.2. The lowest BCUT2D eigenvalue weighted by atomic mass is 9.80. The van der Waals surface area contributed by atoms with Crippen molar-refractivity contribution in [3.05, 3.63) is 32.9 Å². The molecule has 21 heavy (non-hydrogen) atoms. The summed E-state index contributed by atoms with van der Waals surface area (Å²) in [4.78, 5) is 11.2. The molecule has 114 valence electrons. The predicted molar refractivity (Wildman–Crippen MR) is 85.3 cm³/mol. The second-order valence-electron chi connectivity index (χ2n) is 5.00. The van der Waals surface area contributed by atoms with Gasteiger partial charge in [0.15, 0.2) is 0 Å². The maximum atomic E-state index is 12.4. The van der Waals surface area contributed by atoms with E-state index in [1.54, 1.807) is 6.07 Å². The number of hydrogen-bond acceptors (Lipinski definition) is 1. The number of anilines is 1. The quantitative estimate of drug-likeness (QED) is 0.617. The zero-order valence-electron chi connectivity index (χ0n) is 11.2. The molecule has 0 heterocycles. The van der Waals surface area contributed by atoms with E-state index in [4.69, 9.17) is 11.6 Å². The molecule has 1 aliphatic carbocycles. The Labute approximate surface area is 138 Å². The van der Waals surface area contributed by atoms with Gasteiger partial charge in [0.2, 0.25) is 0 Å². The lowest BCUT2D eigenvalue weighted by Crippen LogP contribution is -2.31. The van der Waals surface area contributed by atoms with E-state index in [1.807, 2.05) is 25.2 Å². The molecule has 1 N–H and O–H groups in total. The van der Waals surface area contributed by atoms with Crippen LogP contribution in [-0.4, -0.2) is 12.1 Å². The van der Waals surface area contributed by atoms with Crippen LogP contribution >= 0.6 is 34.2 Å². The molecular formula is C14H12ClF3INO. The number of fused-ring (bicyclic) bond motifs is 1. The minimum Gasteiger partial charge on any atom is -0.318 e. The van der Waals surface area contributed by atoms with Crippen LogP contribution < -0.4 is 5.32 Å². The van der Waals surface area contributed by atoms with Gasteiger partial charge in [0, 0.05) is 19.9 Å². The summed E-state index contributed by atoms with van der Waals surface area (Å²) in [5.41, 5.74) is 1.51. The summed E-state index contributed by atoms with van der Waals surface area (Å²) in [5.74, 6) is -1.94. The van der Waals surface area contributed by atoms with Crippen LogP contribution in [0.15, 0.2) is 18.2 Å². The Morgan fingerprint density at radius 3 is 2.52 bits per heavy atom. The first kappa shape index (κ1) is 16.6. The smallest absolute Gasteiger partial charge is 0.318 e. The van der Waals surface area contributed by atoms with Crippen molar-refractivity contribution in [2.45, 2.75) is 25.9 Å². The van der Waals surface area contributed by atoms with Gasteiger partial charge in [0.25, 0.3) is 0 Å². The normalized spacial score (nSPS) is 21.6. The largest absolute Gasteiger partial charge is 0.471 e. The molecule has 1 unspecified atom stereocenters. The topological polar surface area (TPSA) is 29.1 Å². The van der Waals surface area contributed by atoms with Crippen LogP contribution in [0.1, 0.15) is 30.9 Å². The van der Waals surface area contributed by atoms with Crippen molar-refractivity contribution in [2.75, 3.05) is 5.32 Å². The summed E-state index contributed by atoms with van der Waals surface area (Å²) >= 11 is 8.31. The van der Waals surface area contributed by atoms with Gasteiger partial charge in [-0.05, 0) is 52.1 Å². The number of alkyl halides is 3. The first-order valence-electron chi connectivity index (χ1n) is 6.21. The summed E-state index contributed by atoms with van der Waals surface area (Å²) in [6, 6.07) is 3.13. The highest BCUT2D eigenvalue weighted by Gasteiger charge is 2.39. The lowest BCUT2D eigenvalue weighted by molar-refractivity contribution is -0.167. The SMILES string of the molecule is CC1c2c(NC(=O)C(F)(F)F)ccc(I)c2C(Cl)=C[C@H]1C. The average Bonchev–Trinajstić information content (AvgIpc) is 2.36. The predicted octanol–water partition coefficient (Wildman–Crippen LogP) is 5.12. The van der Waals surface area contributed by atoms with Gasteiger partial charge in [-0.25, -0.2) is 0 Å². The van der Waals surface area contributed by atoms with Crippen LogP contribution in [-0.2, 0) is 4.79 Å². The Bertz CT molecular complexity index is 627. The fraction of sp³-hybridized carbons (Fsp3) is 0.357.